The number of hydrogen-bond donors (Lipinski definition) is 1. The van der Waals surface area contributed by atoms with Gasteiger partial charge in [0.15, 0.2) is 0 Å². The van der Waals surface area contributed by atoms with Crippen molar-refractivity contribution in [3.63, 3.8) is 0 Å². The van der Waals surface area contributed by atoms with E-state index in [0.29, 0.717) is 6.42 Å². The third-order valence-electron chi connectivity index (χ3n) is 1.69. The molecule has 0 aliphatic rings. The molecular formula is C8H12N4S. The summed E-state index contributed by atoms with van der Waals surface area (Å²) in [6.07, 6.45) is 1.43. The van der Waals surface area contributed by atoms with Gasteiger partial charge in [0.25, 0.3) is 0 Å². The first-order chi connectivity index (χ1) is 6.26. The molecule has 0 saturated heterocycles. The van der Waals surface area contributed by atoms with Gasteiger partial charge in [-0.25, -0.2) is 4.98 Å². The topological polar surface area (TPSA) is 61.6 Å². The van der Waals surface area contributed by atoms with Crippen molar-refractivity contribution in [3.05, 3.63) is 5.82 Å². The van der Waals surface area contributed by atoms with Crippen molar-refractivity contribution in [1.82, 2.24) is 9.36 Å². The first-order valence-corrected chi connectivity index (χ1v) is 4.97. The molecule has 1 aromatic rings. The molecule has 0 aromatic carbocycles. The van der Waals surface area contributed by atoms with Crippen molar-refractivity contribution in [2.75, 3.05) is 5.32 Å². The lowest BCUT2D eigenvalue weighted by Gasteiger charge is -2.10. The maximum Gasteiger partial charge on any atom is 0.202 e. The Kier molecular flexibility index (Phi) is 3.65. The summed E-state index contributed by atoms with van der Waals surface area (Å²) in [5, 5.41) is 12.5. The fourth-order valence-corrected chi connectivity index (χ4v) is 1.59. The van der Waals surface area contributed by atoms with Gasteiger partial charge in [-0.1, -0.05) is 6.92 Å². The highest BCUT2D eigenvalue weighted by Crippen LogP contribution is 2.13. The van der Waals surface area contributed by atoms with Crippen LogP contribution in [0.15, 0.2) is 0 Å². The molecule has 1 heterocycles. The Morgan fingerprint density at radius 1 is 1.69 bits per heavy atom. The van der Waals surface area contributed by atoms with E-state index in [4.69, 9.17) is 5.26 Å². The molecule has 1 unspecified atom stereocenters. The maximum absolute atomic E-state index is 8.53. The van der Waals surface area contributed by atoms with Crippen LogP contribution in [0.5, 0.6) is 0 Å². The van der Waals surface area contributed by atoms with E-state index in [-0.39, 0.29) is 6.04 Å². The van der Waals surface area contributed by atoms with Gasteiger partial charge in [0.1, 0.15) is 5.82 Å². The van der Waals surface area contributed by atoms with E-state index >= 15 is 0 Å². The van der Waals surface area contributed by atoms with Crippen LogP contribution in [0.25, 0.3) is 0 Å². The smallest absolute Gasteiger partial charge is 0.202 e. The maximum atomic E-state index is 8.53. The van der Waals surface area contributed by atoms with Gasteiger partial charge in [-0.3, -0.25) is 0 Å². The predicted molar refractivity (Wildman–Crippen MR) is 52.6 cm³/mol. The average Bonchev–Trinajstić information content (AvgIpc) is 2.50. The molecular weight excluding hydrogens is 184 g/mol. The Hall–Kier alpha value is -1.15. The molecule has 4 nitrogen and oxygen atoms in total. The third-order valence-corrected chi connectivity index (χ3v) is 2.42. The van der Waals surface area contributed by atoms with Gasteiger partial charge in [-0.15, -0.1) is 0 Å². The van der Waals surface area contributed by atoms with Crippen LogP contribution in [0.4, 0.5) is 5.13 Å². The number of rotatable bonds is 4. The van der Waals surface area contributed by atoms with Crippen molar-refractivity contribution in [3.8, 4) is 6.07 Å². The van der Waals surface area contributed by atoms with Crippen LogP contribution in [0, 0.1) is 18.3 Å². The van der Waals surface area contributed by atoms with Crippen LogP contribution >= 0.6 is 11.5 Å². The minimum atomic E-state index is 0.192. The number of hydrogen-bond acceptors (Lipinski definition) is 5. The van der Waals surface area contributed by atoms with E-state index in [1.165, 1.54) is 11.5 Å². The zero-order chi connectivity index (χ0) is 9.68. The van der Waals surface area contributed by atoms with Gasteiger partial charge in [-0.2, -0.15) is 9.64 Å². The van der Waals surface area contributed by atoms with Gasteiger partial charge >= 0.3 is 0 Å². The Morgan fingerprint density at radius 3 is 2.92 bits per heavy atom. The number of nitrogens with zero attached hydrogens (tertiary/aromatic N) is 3. The second-order valence-corrected chi connectivity index (χ2v) is 3.51. The summed E-state index contributed by atoms with van der Waals surface area (Å²) in [6, 6.07) is 2.33. The van der Waals surface area contributed by atoms with Crippen molar-refractivity contribution < 1.29 is 0 Å². The van der Waals surface area contributed by atoms with E-state index in [1.54, 1.807) is 0 Å². The molecule has 0 fully saturated rings. The monoisotopic (exact) mass is 196 g/mol. The van der Waals surface area contributed by atoms with Crippen LogP contribution < -0.4 is 5.32 Å². The van der Waals surface area contributed by atoms with Crippen LogP contribution in [0.1, 0.15) is 25.6 Å². The minimum absolute atomic E-state index is 0.192. The highest BCUT2D eigenvalue weighted by molar-refractivity contribution is 7.09. The number of anilines is 1. The molecule has 0 spiro atoms. The van der Waals surface area contributed by atoms with E-state index in [1.807, 2.05) is 13.8 Å². The Morgan fingerprint density at radius 2 is 2.46 bits per heavy atom. The third kappa shape index (κ3) is 2.99. The van der Waals surface area contributed by atoms with Gasteiger partial charge in [-0.05, 0) is 13.3 Å². The zero-order valence-corrected chi connectivity index (χ0v) is 8.56. The van der Waals surface area contributed by atoms with Crippen molar-refractivity contribution in [2.45, 2.75) is 32.7 Å². The van der Waals surface area contributed by atoms with Gasteiger partial charge in [0.2, 0.25) is 5.13 Å². The lowest BCUT2D eigenvalue weighted by atomic mass is 10.2. The van der Waals surface area contributed by atoms with Gasteiger partial charge in [0, 0.05) is 17.6 Å². The van der Waals surface area contributed by atoms with E-state index in [9.17, 15) is 0 Å². The highest BCUT2D eigenvalue weighted by atomic mass is 32.1. The molecule has 0 aliphatic heterocycles. The van der Waals surface area contributed by atoms with Crippen LogP contribution in [-0.2, 0) is 0 Å². The summed E-state index contributed by atoms with van der Waals surface area (Å²) in [4.78, 5) is 4.17. The molecule has 1 aromatic heterocycles. The zero-order valence-electron chi connectivity index (χ0n) is 7.74. The second-order valence-electron chi connectivity index (χ2n) is 2.76. The molecule has 1 rings (SSSR count). The average molecular weight is 196 g/mol. The summed E-state index contributed by atoms with van der Waals surface area (Å²) in [5.41, 5.74) is 0. The van der Waals surface area contributed by atoms with E-state index in [2.05, 4.69) is 20.7 Å². The van der Waals surface area contributed by atoms with Crippen LogP contribution in [0.2, 0.25) is 0 Å². The highest BCUT2D eigenvalue weighted by Gasteiger charge is 2.07. The minimum Gasteiger partial charge on any atom is -0.357 e. The number of nitriles is 1. The van der Waals surface area contributed by atoms with Crippen LogP contribution in [0.3, 0.4) is 0 Å². The molecule has 0 bridgehead atoms. The Balaban J connectivity index is 2.52. The second kappa shape index (κ2) is 4.77. The summed E-state index contributed by atoms with van der Waals surface area (Å²) in [5.74, 6) is 0.777. The van der Waals surface area contributed by atoms with Crippen molar-refractivity contribution >= 4 is 16.7 Å². The summed E-state index contributed by atoms with van der Waals surface area (Å²) < 4.78 is 4.05. The molecule has 1 N–H and O–H groups in total. The standard InChI is InChI=1S/C8H12N4S/c1-3-7(4-5-9)11-8-10-6(2)12-13-8/h7H,3-4H2,1-2H3,(H,10,11,12). The first-order valence-electron chi connectivity index (χ1n) is 4.20. The van der Waals surface area contributed by atoms with Gasteiger partial charge < -0.3 is 5.32 Å². The molecule has 0 radical (unpaired) electrons. The largest absolute Gasteiger partial charge is 0.357 e. The Bertz CT molecular complexity index is 301. The molecule has 1 atom stereocenters. The van der Waals surface area contributed by atoms with Crippen molar-refractivity contribution in [1.29, 1.82) is 5.26 Å². The quantitative estimate of drug-likeness (QED) is 0.799. The summed E-state index contributed by atoms with van der Waals surface area (Å²) in [7, 11) is 0. The van der Waals surface area contributed by atoms with Gasteiger partial charge in [0.05, 0.1) is 12.5 Å². The molecule has 0 aliphatic carbocycles. The van der Waals surface area contributed by atoms with E-state index < -0.39 is 0 Å². The number of aromatic nitrogens is 2. The molecule has 5 heteroatoms. The molecule has 13 heavy (non-hydrogen) atoms. The molecule has 0 amide bonds. The van der Waals surface area contributed by atoms with E-state index in [0.717, 1.165) is 17.4 Å². The predicted octanol–water partition coefficient (Wildman–Crippen LogP) is 1.95. The SMILES string of the molecule is CCC(CC#N)Nc1nc(C)ns1. The fourth-order valence-electron chi connectivity index (χ4n) is 0.938. The number of aryl methyl sites for hydroxylation is 1. The first kappa shape index (κ1) is 9.93. The Labute approximate surface area is 81.8 Å². The summed E-state index contributed by atoms with van der Waals surface area (Å²) in [6.45, 7) is 3.90. The van der Waals surface area contributed by atoms with Crippen LogP contribution in [-0.4, -0.2) is 15.4 Å². The molecule has 0 saturated carbocycles. The summed E-state index contributed by atoms with van der Waals surface area (Å²) >= 11 is 1.34. The lowest BCUT2D eigenvalue weighted by molar-refractivity contribution is 0.710. The lowest BCUT2D eigenvalue weighted by Crippen LogP contribution is -2.17. The fraction of sp³-hybridized carbons (Fsp3) is 0.625. The number of nitrogens with one attached hydrogen (secondary N) is 1. The molecule has 70 valence electrons. The normalized spacial score (nSPS) is 12.1. The van der Waals surface area contributed by atoms with Crippen molar-refractivity contribution in [2.24, 2.45) is 0 Å².